The van der Waals surface area contributed by atoms with Gasteiger partial charge in [-0.2, -0.15) is 0 Å². The smallest absolute Gasteiger partial charge is 0.177 e. The van der Waals surface area contributed by atoms with Crippen molar-refractivity contribution in [2.24, 2.45) is 5.92 Å². The molecule has 4 aromatic rings. The zero-order chi connectivity index (χ0) is 23.1. The minimum Gasteiger partial charge on any atom is -0.491 e. The number of hydrogen-bond acceptors (Lipinski definition) is 7. The summed E-state index contributed by atoms with van der Waals surface area (Å²) in [7, 11) is 1.77. The third-order valence-electron chi connectivity index (χ3n) is 6.83. The van der Waals surface area contributed by atoms with Crippen molar-refractivity contribution in [1.82, 2.24) is 24.9 Å². The fraction of sp³-hybridized carbons (Fsp3) is 0.385. The van der Waals surface area contributed by atoms with Crippen LogP contribution in [0.15, 0.2) is 36.8 Å². The molecule has 1 aromatic carbocycles. The zero-order valence-corrected chi connectivity index (χ0v) is 19.5. The maximum atomic E-state index is 6.12. The molecule has 1 N–H and O–H groups in total. The SMILES string of the molecule is COCC1CCc2c(ncnc2N2CCOc3ccc(-c4cnc5nc(C)[nH]c5c4)cc3C2)C1. The highest BCUT2D eigenvalue weighted by atomic mass is 16.5. The summed E-state index contributed by atoms with van der Waals surface area (Å²) in [5.41, 5.74) is 7.44. The number of imidazole rings is 1. The number of anilines is 1. The molecule has 1 aliphatic heterocycles. The van der Waals surface area contributed by atoms with Gasteiger partial charge in [-0.25, -0.2) is 19.9 Å². The van der Waals surface area contributed by atoms with E-state index < -0.39 is 0 Å². The van der Waals surface area contributed by atoms with Crippen LogP contribution in [0, 0.1) is 12.8 Å². The van der Waals surface area contributed by atoms with E-state index in [0.29, 0.717) is 12.5 Å². The molecule has 1 atom stereocenters. The first-order valence-electron chi connectivity index (χ1n) is 11.8. The number of nitrogens with zero attached hydrogens (tertiary/aromatic N) is 5. The molecule has 1 unspecified atom stereocenters. The summed E-state index contributed by atoms with van der Waals surface area (Å²) in [5.74, 6) is 3.37. The maximum Gasteiger partial charge on any atom is 0.177 e. The summed E-state index contributed by atoms with van der Waals surface area (Å²) in [4.78, 5) is 23.9. The highest BCUT2D eigenvalue weighted by Crippen LogP contribution is 2.34. The van der Waals surface area contributed by atoms with Crippen molar-refractivity contribution >= 4 is 17.0 Å². The highest BCUT2D eigenvalue weighted by molar-refractivity contribution is 5.78. The summed E-state index contributed by atoms with van der Waals surface area (Å²) in [6.07, 6.45) is 6.64. The third kappa shape index (κ3) is 3.88. The van der Waals surface area contributed by atoms with Crippen molar-refractivity contribution in [3.05, 3.63) is 59.4 Å². The van der Waals surface area contributed by atoms with E-state index >= 15 is 0 Å². The van der Waals surface area contributed by atoms with Crippen LogP contribution in [-0.2, 0) is 24.1 Å². The van der Waals surface area contributed by atoms with Gasteiger partial charge in [0, 0.05) is 48.8 Å². The molecular weight excluding hydrogens is 428 g/mol. The average Bonchev–Trinajstić information content (AvgIpc) is 3.09. The molecule has 8 heteroatoms. The van der Waals surface area contributed by atoms with Crippen LogP contribution in [0.1, 0.15) is 29.1 Å². The normalized spacial score (nSPS) is 17.7. The highest BCUT2D eigenvalue weighted by Gasteiger charge is 2.26. The van der Waals surface area contributed by atoms with Crippen molar-refractivity contribution < 1.29 is 9.47 Å². The molecule has 8 nitrogen and oxygen atoms in total. The summed E-state index contributed by atoms with van der Waals surface area (Å²) in [6, 6.07) is 8.49. The molecular formula is C26H28N6O2. The van der Waals surface area contributed by atoms with Gasteiger partial charge in [0.1, 0.15) is 30.3 Å². The average molecular weight is 457 g/mol. The minimum atomic E-state index is 0.528. The Morgan fingerprint density at radius 3 is 3.03 bits per heavy atom. The van der Waals surface area contributed by atoms with Crippen LogP contribution in [0.5, 0.6) is 5.75 Å². The molecule has 1 aliphatic carbocycles. The fourth-order valence-electron chi connectivity index (χ4n) is 5.18. The third-order valence-corrected chi connectivity index (χ3v) is 6.83. The molecule has 4 heterocycles. The van der Waals surface area contributed by atoms with Crippen LogP contribution in [0.3, 0.4) is 0 Å². The van der Waals surface area contributed by atoms with Gasteiger partial charge in [0.2, 0.25) is 0 Å². The van der Waals surface area contributed by atoms with E-state index in [9.17, 15) is 0 Å². The van der Waals surface area contributed by atoms with Crippen LogP contribution >= 0.6 is 0 Å². The first-order chi connectivity index (χ1) is 16.7. The first kappa shape index (κ1) is 21.0. The summed E-state index contributed by atoms with van der Waals surface area (Å²) >= 11 is 0. The van der Waals surface area contributed by atoms with E-state index in [0.717, 1.165) is 89.9 Å². The molecule has 3 aromatic heterocycles. The van der Waals surface area contributed by atoms with E-state index in [2.05, 4.69) is 49.1 Å². The number of nitrogens with one attached hydrogen (secondary N) is 1. The minimum absolute atomic E-state index is 0.528. The first-order valence-corrected chi connectivity index (χ1v) is 11.8. The monoisotopic (exact) mass is 456 g/mol. The molecule has 0 spiro atoms. The number of hydrogen-bond donors (Lipinski definition) is 1. The maximum absolute atomic E-state index is 6.12. The van der Waals surface area contributed by atoms with Crippen molar-refractivity contribution in [1.29, 1.82) is 0 Å². The van der Waals surface area contributed by atoms with Gasteiger partial charge in [0.15, 0.2) is 5.65 Å². The fourth-order valence-corrected chi connectivity index (χ4v) is 5.18. The number of ether oxygens (including phenoxy) is 2. The Balaban J connectivity index is 1.31. The van der Waals surface area contributed by atoms with Crippen molar-refractivity contribution in [3.63, 3.8) is 0 Å². The lowest BCUT2D eigenvalue weighted by atomic mass is 9.87. The largest absolute Gasteiger partial charge is 0.491 e. The van der Waals surface area contributed by atoms with E-state index in [1.807, 2.05) is 13.1 Å². The van der Waals surface area contributed by atoms with Crippen molar-refractivity contribution in [3.8, 4) is 16.9 Å². The number of benzene rings is 1. The lowest BCUT2D eigenvalue weighted by Gasteiger charge is -2.29. The Bertz CT molecular complexity index is 1350. The van der Waals surface area contributed by atoms with E-state index in [4.69, 9.17) is 14.5 Å². The quantitative estimate of drug-likeness (QED) is 0.499. The van der Waals surface area contributed by atoms with Crippen molar-refractivity contribution in [2.75, 3.05) is 31.8 Å². The van der Waals surface area contributed by atoms with Crippen LogP contribution in [0.2, 0.25) is 0 Å². The predicted octanol–water partition coefficient (Wildman–Crippen LogP) is 3.87. The Kier molecular flexibility index (Phi) is 5.37. The molecule has 0 radical (unpaired) electrons. The second kappa shape index (κ2) is 8.68. The van der Waals surface area contributed by atoms with Gasteiger partial charge < -0.3 is 19.4 Å². The second-order valence-electron chi connectivity index (χ2n) is 9.20. The number of fused-ring (bicyclic) bond motifs is 3. The second-order valence-corrected chi connectivity index (χ2v) is 9.20. The number of aryl methyl sites for hydroxylation is 1. The number of pyridine rings is 1. The van der Waals surface area contributed by atoms with Gasteiger partial charge >= 0.3 is 0 Å². The Morgan fingerprint density at radius 1 is 1.18 bits per heavy atom. The lowest BCUT2D eigenvalue weighted by Crippen LogP contribution is -2.29. The van der Waals surface area contributed by atoms with Gasteiger partial charge in [-0.1, -0.05) is 6.07 Å². The van der Waals surface area contributed by atoms with E-state index in [1.165, 1.54) is 5.56 Å². The number of aromatic amines is 1. The molecule has 6 rings (SSSR count). The van der Waals surface area contributed by atoms with Crippen LogP contribution in [-0.4, -0.2) is 51.8 Å². The molecule has 0 fully saturated rings. The molecule has 34 heavy (non-hydrogen) atoms. The lowest BCUT2D eigenvalue weighted by molar-refractivity contribution is 0.144. The van der Waals surface area contributed by atoms with Crippen LogP contribution in [0.4, 0.5) is 5.82 Å². The van der Waals surface area contributed by atoms with Gasteiger partial charge in [0.05, 0.1) is 12.1 Å². The van der Waals surface area contributed by atoms with Crippen LogP contribution < -0.4 is 9.64 Å². The molecule has 0 amide bonds. The Hall–Kier alpha value is -3.52. The van der Waals surface area contributed by atoms with Crippen LogP contribution in [0.25, 0.3) is 22.3 Å². The number of methoxy groups -OCH3 is 1. The van der Waals surface area contributed by atoms with Gasteiger partial charge in [-0.3, -0.25) is 0 Å². The Morgan fingerprint density at radius 2 is 2.12 bits per heavy atom. The Labute approximate surface area is 198 Å². The van der Waals surface area contributed by atoms with Gasteiger partial charge in [-0.05, 0) is 55.9 Å². The molecule has 0 saturated carbocycles. The van der Waals surface area contributed by atoms with E-state index in [1.54, 1.807) is 13.4 Å². The van der Waals surface area contributed by atoms with Gasteiger partial charge in [0.25, 0.3) is 0 Å². The standard InChI is InChI=1S/C26H28N6O2/c1-16-30-23-11-19(12-27-25(23)31-16)18-4-6-24-20(10-18)13-32(7-8-34-24)26-21-5-3-17(14-33-2)9-22(21)28-15-29-26/h4,6,10-12,15,17H,3,5,7-9,13-14H2,1-2H3,(H,27,30,31). The predicted molar refractivity (Wildman–Crippen MR) is 130 cm³/mol. The molecule has 2 aliphatic rings. The number of aromatic nitrogens is 5. The topological polar surface area (TPSA) is 89.1 Å². The van der Waals surface area contributed by atoms with Gasteiger partial charge in [-0.15, -0.1) is 0 Å². The van der Waals surface area contributed by atoms with E-state index in [-0.39, 0.29) is 0 Å². The van der Waals surface area contributed by atoms with Crippen molar-refractivity contribution in [2.45, 2.75) is 32.7 Å². The summed E-state index contributed by atoms with van der Waals surface area (Å²) in [6.45, 7) is 4.88. The number of rotatable bonds is 4. The molecule has 0 saturated heterocycles. The molecule has 174 valence electrons. The number of H-pyrrole nitrogens is 1. The zero-order valence-electron chi connectivity index (χ0n) is 19.5. The summed E-state index contributed by atoms with van der Waals surface area (Å²) < 4.78 is 11.5. The summed E-state index contributed by atoms with van der Waals surface area (Å²) in [5, 5.41) is 0. The molecule has 0 bridgehead atoms.